The van der Waals surface area contributed by atoms with Crippen molar-refractivity contribution in [3.8, 4) is 5.75 Å². The van der Waals surface area contributed by atoms with Gasteiger partial charge in [0.15, 0.2) is 5.78 Å². The van der Waals surface area contributed by atoms with Gasteiger partial charge in [0.2, 0.25) is 0 Å². The molecule has 2 rings (SSSR count). The highest BCUT2D eigenvalue weighted by atomic mass is 16.6. The zero-order chi connectivity index (χ0) is 41.1. The molecule has 56 heavy (non-hydrogen) atoms. The molecule has 0 saturated carbocycles. The van der Waals surface area contributed by atoms with E-state index in [4.69, 9.17) is 28.4 Å². The second-order valence-electron chi connectivity index (χ2n) is 11.9. The van der Waals surface area contributed by atoms with Gasteiger partial charge in [-0.15, -0.1) is 0 Å². The minimum absolute atomic E-state index is 0.0296. The molecule has 2 unspecified atom stereocenters. The van der Waals surface area contributed by atoms with E-state index in [-0.39, 0.29) is 90.0 Å². The summed E-state index contributed by atoms with van der Waals surface area (Å²) in [4.78, 5) is 88.6. The maximum atomic E-state index is 12.6. The molecule has 2 aromatic carbocycles. The smallest absolute Gasteiger partial charge is 0.412 e. The Balaban J connectivity index is 1.91. The van der Waals surface area contributed by atoms with Crippen molar-refractivity contribution in [1.82, 2.24) is 20.9 Å². The molecule has 0 aliphatic rings. The van der Waals surface area contributed by atoms with Crippen LogP contribution in [0.15, 0.2) is 54.6 Å². The molecule has 2 atom stereocenters. The Morgan fingerprint density at radius 2 is 1.07 bits per heavy atom. The van der Waals surface area contributed by atoms with Crippen molar-refractivity contribution in [3.63, 3.8) is 0 Å². The van der Waals surface area contributed by atoms with Gasteiger partial charge in [0.1, 0.15) is 24.4 Å². The molecule has 0 spiro atoms. The van der Waals surface area contributed by atoms with Crippen LogP contribution in [0.5, 0.6) is 5.75 Å². The molecule has 0 saturated heterocycles. The Kier molecular flexibility index (Phi) is 22.7. The van der Waals surface area contributed by atoms with Crippen molar-refractivity contribution in [2.24, 2.45) is 0 Å². The molecule has 2 aromatic rings. The third kappa shape index (κ3) is 18.8. The number of nitrogens with zero attached hydrogens (tertiary/aromatic N) is 1. The normalized spacial score (nSPS) is 11.8. The number of esters is 5. The maximum Gasteiger partial charge on any atom is 0.412 e. The molecule has 0 radical (unpaired) electrons. The zero-order valence-electron chi connectivity index (χ0n) is 32.5. The third-order valence-corrected chi connectivity index (χ3v) is 7.76. The van der Waals surface area contributed by atoms with E-state index in [1.807, 2.05) is 11.0 Å². The number of hydrogen-bond donors (Lipinski definition) is 3. The topological polar surface area (TPSA) is 214 Å². The largest absolute Gasteiger partial charge is 0.466 e. The van der Waals surface area contributed by atoms with Crippen LogP contribution in [0.3, 0.4) is 0 Å². The van der Waals surface area contributed by atoms with Gasteiger partial charge >= 0.3 is 35.9 Å². The van der Waals surface area contributed by atoms with Crippen molar-refractivity contribution in [2.45, 2.75) is 59.0 Å². The van der Waals surface area contributed by atoms with Crippen LogP contribution in [0.1, 0.15) is 62.9 Å². The first-order chi connectivity index (χ1) is 27.0. The second kappa shape index (κ2) is 27.2. The molecular weight excluding hydrogens is 732 g/mol. The number of ketones is 1. The van der Waals surface area contributed by atoms with E-state index in [1.165, 1.54) is 12.1 Å². The summed E-state index contributed by atoms with van der Waals surface area (Å²) in [6.45, 7) is 8.22. The van der Waals surface area contributed by atoms with Crippen LogP contribution in [-0.4, -0.2) is 131 Å². The SMILES string of the molecule is CCOC(=O)CC(NCCN(CCNC(CC(=O)OCC)C(=O)OCC)CCC(=O)OCCNC(=O)Oc1ccc(C(=O)c2ccccc2)cc1)C(=O)OCC. The summed E-state index contributed by atoms with van der Waals surface area (Å²) in [6.07, 6.45) is -1.30. The summed E-state index contributed by atoms with van der Waals surface area (Å²) in [5.74, 6) is -2.86. The monoisotopic (exact) mass is 786 g/mol. The molecule has 0 heterocycles. The van der Waals surface area contributed by atoms with E-state index in [1.54, 1.807) is 64.1 Å². The maximum absolute atomic E-state index is 12.6. The second-order valence-corrected chi connectivity index (χ2v) is 11.9. The molecular formula is C39H54N4O13. The van der Waals surface area contributed by atoms with E-state index in [0.717, 1.165) is 0 Å². The summed E-state index contributed by atoms with van der Waals surface area (Å²) in [5, 5.41) is 8.53. The number of hydrogen-bond acceptors (Lipinski definition) is 16. The molecule has 0 aliphatic heterocycles. The molecule has 0 aromatic heterocycles. The molecule has 1 amide bonds. The van der Waals surface area contributed by atoms with Gasteiger partial charge in [-0.2, -0.15) is 0 Å². The lowest BCUT2D eigenvalue weighted by Gasteiger charge is -2.25. The highest BCUT2D eigenvalue weighted by Gasteiger charge is 2.25. The van der Waals surface area contributed by atoms with Crippen molar-refractivity contribution in [3.05, 3.63) is 65.7 Å². The van der Waals surface area contributed by atoms with Gasteiger partial charge in [-0.25, -0.2) is 4.79 Å². The van der Waals surface area contributed by atoms with Crippen molar-refractivity contribution in [2.75, 3.05) is 72.3 Å². The lowest BCUT2D eigenvalue weighted by molar-refractivity contribution is -0.152. The van der Waals surface area contributed by atoms with Crippen molar-refractivity contribution >= 4 is 41.7 Å². The average molecular weight is 787 g/mol. The van der Waals surface area contributed by atoms with Gasteiger partial charge in [-0.1, -0.05) is 30.3 Å². The predicted molar refractivity (Wildman–Crippen MR) is 202 cm³/mol. The average Bonchev–Trinajstić information content (AvgIpc) is 3.18. The lowest BCUT2D eigenvalue weighted by atomic mass is 10.0. The predicted octanol–water partition coefficient (Wildman–Crippen LogP) is 2.19. The number of carbonyl (C=O) groups excluding carboxylic acids is 7. The van der Waals surface area contributed by atoms with Crippen molar-refractivity contribution in [1.29, 1.82) is 0 Å². The summed E-state index contributed by atoms with van der Waals surface area (Å²) >= 11 is 0. The molecule has 17 nitrogen and oxygen atoms in total. The minimum Gasteiger partial charge on any atom is -0.466 e. The first-order valence-corrected chi connectivity index (χ1v) is 18.7. The summed E-state index contributed by atoms with van der Waals surface area (Å²) < 4.78 is 30.7. The Morgan fingerprint density at radius 1 is 0.571 bits per heavy atom. The van der Waals surface area contributed by atoms with Crippen LogP contribution in [0.4, 0.5) is 4.79 Å². The zero-order valence-corrected chi connectivity index (χ0v) is 32.5. The van der Waals surface area contributed by atoms with Gasteiger partial charge in [-0.3, -0.25) is 28.8 Å². The molecule has 17 heteroatoms. The fraction of sp³-hybridized carbons (Fsp3) is 0.513. The Labute approximate surface area is 327 Å². The van der Waals surface area contributed by atoms with Gasteiger partial charge < -0.3 is 49.3 Å². The van der Waals surface area contributed by atoms with Gasteiger partial charge in [0, 0.05) is 43.9 Å². The summed E-state index contributed by atoms with van der Waals surface area (Å²) in [6, 6.07) is 13.0. The van der Waals surface area contributed by atoms with E-state index >= 15 is 0 Å². The lowest BCUT2D eigenvalue weighted by Crippen LogP contribution is -2.47. The number of carbonyl (C=O) groups is 7. The van der Waals surface area contributed by atoms with E-state index in [0.29, 0.717) is 24.2 Å². The number of benzene rings is 2. The van der Waals surface area contributed by atoms with Crippen LogP contribution >= 0.6 is 0 Å². The molecule has 0 bridgehead atoms. The Morgan fingerprint density at radius 3 is 1.57 bits per heavy atom. The molecule has 3 N–H and O–H groups in total. The van der Waals surface area contributed by atoms with E-state index in [9.17, 15) is 33.6 Å². The van der Waals surface area contributed by atoms with Gasteiger partial charge in [0.05, 0.1) is 52.2 Å². The first kappa shape index (κ1) is 46.8. The molecule has 0 fully saturated rings. The number of nitrogens with one attached hydrogen (secondary N) is 3. The van der Waals surface area contributed by atoms with Gasteiger partial charge in [-0.05, 0) is 52.0 Å². The standard InChI is InChI=1S/C39H54N4O13/c1-5-51-34(45)26-31(37(48)53-7-3)40-19-23-43(24-20-41-32(38(49)54-8-4)27-35(46)52-6-2)22-18-33(44)55-25-21-42-39(50)56-30-16-14-29(15-17-30)36(47)28-12-10-9-11-13-28/h9-17,31-32,40-41H,5-8,18-27H2,1-4H3,(H,42,50). The van der Waals surface area contributed by atoms with E-state index < -0.39 is 48.0 Å². The van der Waals surface area contributed by atoms with E-state index in [2.05, 4.69) is 16.0 Å². The number of ether oxygens (including phenoxy) is 6. The number of rotatable bonds is 27. The van der Waals surface area contributed by atoms with Gasteiger partial charge in [0.25, 0.3) is 0 Å². The molecule has 0 aliphatic carbocycles. The van der Waals surface area contributed by atoms with Crippen LogP contribution in [-0.2, 0) is 47.7 Å². The number of amides is 1. The third-order valence-electron chi connectivity index (χ3n) is 7.76. The first-order valence-electron chi connectivity index (χ1n) is 18.7. The quantitative estimate of drug-likeness (QED) is 0.0512. The van der Waals surface area contributed by atoms with Crippen LogP contribution in [0.2, 0.25) is 0 Å². The highest BCUT2D eigenvalue weighted by Crippen LogP contribution is 2.15. The minimum atomic E-state index is -0.959. The molecule has 308 valence electrons. The van der Waals surface area contributed by atoms with Crippen LogP contribution in [0.25, 0.3) is 0 Å². The Hall–Kier alpha value is -5.39. The Bertz CT molecular complexity index is 1490. The highest BCUT2D eigenvalue weighted by molar-refractivity contribution is 6.09. The summed E-state index contributed by atoms with van der Waals surface area (Å²) in [7, 11) is 0. The summed E-state index contributed by atoms with van der Waals surface area (Å²) in [5.41, 5.74) is 0.973. The van der Waals surface area contributed by atoms with Crippen molar-refractivity contribution < 1.29 is 62.0 Å². The fourth-order valence-corrected chi connectivity index (χ4v) is 5.08. The fourth-order valence-electron chi connectivity index (χ4n) is 5.08. The van der Waals surface area contributed by atoms with Crippen LogP contribution < -0.4 is 20.7 Å². The van der Waals surface area contributed by atoms with Crippen LogP contribution in [0, 0.1) is 0 Å².